The summed E-state index contributed by atoms with van der Waals surface area (Å²) in [4.78, 5) is 70.9. The number of hydrogen-bond acceptors (Lipinski definition) is 9. The maximum absolute atomic E-state index is 12.5. The Bertz CT molecular complexity index is 730. The fourth-order valence-electron chi connectivity index (χ4n) is 2.50. The number of amides is 4. The SMILES string of the molecule is CC(C)NC(CC(O)O)C(=O)NC(CC(=O)O)C(=O)NCC(=O)NCC(=O)NCC(=O)C(C)C. The molecule has 0 saturated carbocycles. The summed E-state index contributed by atoms with van der Waals surface area (Å²) in [6, 6.07) is -2.89. The van der Waals surface area contributed by atoms with Crippen LogP contribution in [0.3, 0.4) is 0 Å². The van der Waals surface area contributed by atoms with Gasteiger partial charge in [0, 0.05) is 18.4 Å². The summed E-state index contributed by atoms with van der Waals surface area (Å²) in [5.74, 6) is -5.01. The van der Waals surface area contributed by atoms with Gasteiger partial charge in [-0.1, -0.05) is 27.7 Å². The molecule has 2 unspecified atom stereocenters. The Kier molecular flexibility index (Phi) is 14.3. The van der Waals surface area contributed by atoms with Gasteiger partial charge in [-0.2, -0.15) is 0 Å². The van der Waals surface area contributed by atoms with Crippen molar-refractivity contribution in [1.29, 1.82) is 0 Å². The van der Waals surface area contributed by atoms with Crippen molar-refractivity contribution in [1.82, 2.24) is 26.6 Å². The number of carboxylic acids is 1. The van der Waals surface area contributed by atoms with Gasteiger partial charge in [0.15, 0.2) is 12.1 Å². The molecule has 0 spiro atoms. The number of rotatable bonds is 16. The Morgan fingerprint density at radius 2 is 1.26 bits per heavy atom. The predicted molar refractivity (Wildman–Crippen MR) is 118 cm³/mol. The van der Waals surface area contributed by atoms with Crippen LogP contribution in [0.4, 0.5) is 0 Å². The molecule has 2 atom stereocenters. The summed E-state index contributed by atoms with van der Waals surface area (Å²) in [5, 5.41) is 39.1. The molecule has 0 rings (SSSR count). The lowest BCUT2D eigenvalue weighted by Crippen LogP contribution is -2.55. The van der Waals surface area contributed by atoms with E-state index < -0.39 is 73.9 Å². The first kappa shape index (κ1) is 30.9. The van der Waals surface area contributed by atoms with Crippen LogP contribution >= 0.6 is 0 Å². The van der Waals surface area contributed by atoms with Gasteiger partial charge in [0.25, 0.3) is 0 Å². The fraction of sp³-hybridized carbons (Fsp3) is 0.700. The van der Waals surface area contributed by atoms with E-state index in [2.05, 4.69) is 26.6 Å². The van der Waals surface area contributed by atoms with Crippen LogP contribution < -0.4 is 26.6 Å². The Morgan fingerprint density at radius 1 is 0.735 bits per heavy atom. The van der Waals surface area contributed by atoms with Gasteiger partial charge in [-0.05, 0) is 0 Å². The number of carbonyl (C=O) groups is 6. The van der Waals surface area contributed by atoms with Crippen LogP contribution in [0.1, 0.15) is 40.5 Å². The maximum atomic E-state index is 12.5. The van der Waals surface area contributed by atoms with E-state index >= 15 is 0 Å². The highest BCUT2D eigenvalue weighted by Crippen LogP contribution is 2.02. The number of hydrogen-bond donors (Lipinski definition) is 8. The van der Waals surface area contributed by atoms with Crippen LogP contribution in [0.2, 0.25) is 0 Å². The van der Waals surface area contributed by atoms with E-state index in [1.165, 1.54) is 0 Å². The third-order valence-corrected chi connectivity index (χ3v) is 4.28. The van der Waals surface area contributed by atoms with E-state index in [-0.39, 0.29) is 24.3 Å². The molecule has 0 saturated heterocycles. The highest BCUT2D eigenvalue weighted by Gasteiger charge is 2.29. The molecule has 0 aromatic carbocycles. The van der Waals surface area contributed by atoms with Gasteiger partial charge < -0.3 is 41.9 Å². The third-order valence-electron chi connectivity index (χ3n) is 4.28. The average Bonchev–Trinajstić information content (AvgIpc) is 2.71. The summed E-state index contributed by atoms with van der Waals surface area (Å²) in [7, 11) is 0. The van der Waals surface area contributed by atoms with Crippen molar-refractivity contribution in [3.8, 4) is 0 Å². The molecule has 14 nitrogen and oxygen atoms in total. The molecular formula is C20H35N5O9. The highest BCUT2D eigenvalue weighted by molar-refractivity contribution is 5.94. The van der Waals surface area contributed by atoms with Crippen LogP contribution in [0.25, 0.3) is 0 Å². The van der Waals surface area contributed by atoms with E-state index in [1.807, 2.05) is 0 Å². The number of carbonyl (C=O) groups excluding carboxylic acids is 5. The van der Waals surface area contributed by atoms with Gasteiger partial charge in [-0.25, -0.2) is 0 Å². The second-order valence-corrected chi connectivity index (χ2v) is 8.14. The summed E-state index contributed by atoms with van der Waals surface area (Å²) < 4.78 is 0. The van der Waals surface area contributed by atoms with Crippen molar-refractivity contribution < 1.29 is 44.1 Å². The van der Waals surface area contributed by atoms with E-state index in [4.69, 9.17) is 15.3 Å². The maximum Gasteiger partial charge on any atom is 0.305 e. The first-order chi connectivity index (χ1) is 15.7. The zero-order valence-electron chi connectivity index (χ0n) is 19.7. The molecule has 0 aromatic heterocycles. The number of carboxylic acid groups (broad SMARTS) is 1. The van der Waals surface area contributed by atoms with Crippen molar-refractivity contribution in [2.75, 3.05) is 19.6 Å². The topological polar surface area (TPSA) is 223 Å². The lowest BCUT2D eigenvalue weighted by Gasteiger charge is -2.24. The minimum Gasteiger partial charge on any atom is -0.481 e. The highest BCUT2D eigenvalue weighted by atomic mass is 16.5. The van der Waals surface area contributed by atoms with E-state index in [0.29, 0.717) is 0 Å². The van der Waals surface area contributed by atoms with Gasteiger partial charge in [-0.3, -0.25) is 28.8 Å². The standard InChI is InChI=1S/C20H35N5O9/c1-10(2)14(26)7-21-15(27)8-22-16(28)9-23-19(33)12(5-17(29)30)25-20(34)13(6-18(31)32)24-11(3)4/h10-13,18,24,31-32H,5-9H2,1-4H3,(H,21,27)(H,22,28)(H,23,33)(H,25,34)(H,29,30). The average molecular weight is 490 g/mol. The first-order valence-corrected chi connectivity index (χ1v) is 10.7. The monoisotopic (exact) mass is 489 g/mol. The van der Waals surface area contributed by atoms with Crippen molar-refractivity contribution in [3.63, 3.8) is 0 Å². The van der Waals surface area contributed by atoms with Crippen molar-refractivity contribution in [2.45, 2.75) is 65.0 Å². The molecule has 0 aliphatic heterocycles. The summed E-state index contributed by atoms with van der Waals surface area (Å²) in [6.45, 7) is 5.53. The molecule has 0 aliphatic rings. The van der Waals surface area contributed by atoms with E-state index in [1.54, 1.807) is 27.7 Å². The van der Waals surface area contributed by atoms with E-state index in [0.717, 1.165) is 0 Å². The lowest BCUT2D eigenvalue weighted by atomic mass is 10.1. The van der Waals surface area contributed by atoms with Crippen LogP contribution in [0, 0.1) is 5.92 Å². The Balaban J connectivity index is 4.80. The van der Waals surface area contributed by atoms with Crippen LogP contribution in [-0.2, 0) is 28.8 Å². The number of nitrogens with one attached hydrogen (secondary N) is 5. The molecule has 14 heteroatoms. The molecule has 0 aromatic rings. The molecule has 0 aliphatic carbocycles. The smallest absolute Gasteiger partial charge is 0.305 e. The third kappa shape index (κ3) is 14.1. The van der Waals surface area contributed by atoms with Crippen molar-refractivity contribution in [2.24, 2.45) is 5.92 Å². The summed E-state index contributed by atoms with van der Waals surface area (Å²) in [5.41, 5.74) is 0. The largest absolute Gasteiger partial charge is 0.481 e. The van der Waals surface area contributed by atoms with E-state index in [9.17, 15) is 28.8 Å². The quantitative estimate of drug-likeness (QED) is 0.100. The number of aliphatic carboxylic acids is 1. The molecule has 0 bridgehead atoms. The lowest BCUT2D eigenvalue weighted by molar-refractivity contribution is -0.141. The zero-order valence-corrected chi connectivity index (χ0v) is 19.7. The number of aliphatic hydroxyl groups excluding tert-OH is 1. The fourth-order valence-corrected chi connectivity index (χ4v) is 2.50. The second kappa shape index (κ2) is 15.7. The molecule has 8 N–H and O–H groups in total. The normalized spacial score (nSPS) is 12.7. The molecule has 34 heavy (non-hydrogen) atoms. The van der Waals surface area contributed by atoms with Crippen molar-refractivity contribution >= 4 is 35.4 Å². The van der Waals surface area contributed by atoms with Gasteiger partial charge in [-0.15, -0.1) is 0 Å². The van der Waals surface area contributed by atoms with Gasteiger partial charge >= 0.3 is 5.97 Å². The number of ketones is 1. The van der Waals surface area contributed by atoms with Gasteiger partial charge in [0.05, 0.1) is 32.1 Å². The van der Waals surface area contributed by atoms with Crippen LogP contribution in [0.5, 0.6) is 0 Å². The summed E-state index contributed by atoms with van der Waals surface area (Å²) >= 11 is 0. The van der Waals surface area contributed by atoms with Gasteiger partial charge in [0.2, 0.25) is 23.6 Å². The minimum atomic E-state index is -1.82. The second-order valence-electron chi connectivity index (χ2n) is 8.14. The first-order valence-electron chi connectivity index (χ1n) is 10.7. The zero-order chi connectivity index (χ0) is 26.4. The molecule has 4 amide bonds. The molecule has 0 heterocycles. The van der Waals surface area contributed by atoms with Crippen LogP contribution in [0.15, 0.2) is 0 Å². The van der Waals surface area contributed by atoms with Crippen molar-refractivity contribution in [3.05, 3.63) is 0 Å². The van der Waals surface area contributed by atoms with Gasteiger partial charge in [0.1, 0.15) is 6.04 Å². The predicted octanol–water partition coefficient (Wildman–Crippen LogP) is -3.41. The number of aliphatic hydroxyl groups is 2. The minimum absolute atomic E-state index is 0.181. The molecule has 0 fully saturated rings. The van der Waals surface area contributed by atoms with Crippen LogP contribution in [-0.4, -0.2) is 94.8 Å². The Labute approximate surface area is 197 Å². The Hall–Kier alpha value is -3.10. The number of Topliss-reactive ketones (excluding diaryl/α,β-unsaturated/α-hetero) is 1. The Morgan fingerprint density at radius 3 is 1.74 bits per heavy atom. The summed E-state index contributed by atoms with van der Waals surface area (Å²) in [6.07, 6.45) is -3.02. The molecule has 194 valence electrons. The molecule has 0 radical (unpaired) electrons. The molecular weight excluding hydrogens is 454 g/mol.